The summed E-state index contributed by atoms with van der Waals surface area (Å²) in [4.78, 5) is 29.1. The second-order valence-electron chi connectivity index (χ2n) is 11.4. The predicted octanol–water partition coefficient (Wildman–Crippen LogP) is 9.86. The highest BCUT2D eigenvalue weighted by Crippen LogP contribution is 2.31. The van der Waals surface area contributed by atoms with Gasteiger partial charge >= 0.3 is 0 Å². The highest BCUT2D eigenvalue weighted by Gasteiger charge is 2.15. The maximum absolute atomic E-state index is 13.8. The molecular formula is C42H27FN6. The van der Waals surface area contributed by atoms with E-state index in [1.54, 1.807) is 12.1 Å². The maximum atomic E-state index is 13.8. The zero-order valence-electron chi connectivity index (χ0n) is 26.1. The van der Waals surface area contributed by atoms with Crippen LogP contribution in [0.3, 0.4) is 0 Å². The number of benzene rings is 6. The molecule has 2 heterocycles. The van der Waals surface area contributed by atoms with Crippen LogP contribution in [0.15, 0.2) is 164 Å². The van der Waals surface area contributed by atoms with Crippen molar-refractivity contribution >= 4 is 0 Å². The Kier molecular flexibility index (Phi) is 7.97. The van der Waals surface area contributed by atoms with Gasteiger partial charge in [0.15, 0.2) is 34.9 Å². The summed E-state index contributed by atoms with van der Waals surface area (Å²) in [6, 6.07) is 52.1. The van der Waals surface area contributed by atoms with Crippen LogP contribution in [0, 0.1) is 5.82 Å². The van der Waals surface area contributed by atoms with Crippen LogP contribution in [0.5, 0.6) is 0 Å². The molecule has 0 unspecified atom stereocenters. The fraction of sp³-hybridized carbons (Fsp3) is 0. The molecule has 6 nitrogen and oxygen atoms in total. The minimum absolute atomic E-state index is 0.319. The second-order valence-corrected chi connectivity index (χ2v) is 11.4. The van der Waals surface area contributed by atoms with Crippen molar-refractivity contribution < 1.29 is 4.39 Å². The summed E-state index contributed by atoms with van der Waals surface area (Å²) in [6.07, 6.45) is 0. The molecule has 0 aliphatic heterocycles. The third-order valence-electron chi connectivity index (χ3n) is 8.04. The van der Waals surface area contributed by atoms with Gasteiger partial charge in [-0.25, -0.2) is 34.3 Å². The van der Waals surface area contributed by atoms with Gasteiger partial charge in [-0.15, -0.1) is 0 Å². The van der Waals surface area contributed by atoms with Crippen molar-refractivity contribution in [2.24, 2.45) is 0 Å². The van der Waals surface area contributed by atoms with Crippen LogP contribution < -0.4 is 0 Å². The molecule has 0 aliphatic carbocycles. The van der Waals surface area contributed by atoms with E-state index in [1.807, 2.05) is 115 Å². The molecule has 0 N–H and O–H groups in total. The molecule has 0 fully saturated rings. The lowest BCUT2D eigenvalue weighted by molar-refractivity contribution is 0.628. The Morgan fingerprint density at radius 2 is 0.510 bits per heavy atom. The molecule has 0 aliphatic rings. The minimum atomic E-state index is -0.319. The van der Waals surface area contributed by atoms with Crippen LogP contribution in [0.1, 0.15) is 0 Å². The third-order valence-corrected chi connectivity index (χ3v) is 8.04. The first-order valence-corrected chi connectivity index (χ1v) is 15.8. The van der Waals surface area contributed by atoms with Crippen LogP contribution in [0.4, 0.5) is 4.39 Å². The van der Waals surface area contributed by atoms with Crippen LogP contribution in [-0.2, 0) is 0 Å². The molecule has 232 valence electrons. The minimum Gasteiger partial charge on any atom is -0.208 e. The van der Waals surface area contributed by atoms with Gasteiger partial charge in [0.2, 0.25) is 0 Å². The lowest BCUT2D eigenvalue weighted by Gasteiger charge is -2.11. The quantitative estimate of drug-likeness (QED) is 0.174. The Hall–Kier alpha value is -6.73. The lowest BCUT2D eigenvalue weighted by Crippen LogP contribution is -2.00. The number of nitrogens with zero attached hydrogens (tertiary/aromatic N) is 6. The average Bonchev–Trinajstić information content (AvgIpc) is 3.19. The van der Waals surface area contributed by atoms with Gasteiger partial charge in [0.1, 0.15) is 5.82 Å². The van der Waals surface area contributed by atoms with Crippen LogP contribution in [-0.4, -0.2) is 29.9 Å². The van der Waals surface area contributed by atoms with Crippen molar-refractivity contribution in [3.63, 3.8) is 0 Å². The molecule has 0 saturated carbocycles. The summed E-state index contributed by atoms with van der Waals surface area (Å²) < 4.78 is 13.8. The largest absolute Gasteiger partial charge is 0.208 e. The highest BCUT2D eigenvalue weighted by molar-refractivity contribution is 5.76. The van der Waals surface area contributed by atoms with Crippen molar-refractivity contribution in [1.29, 1.82) is 0 Å². The zero-order chi connectivity index (χ0) is 33.0. The second kappa shape index (κ2) is 13.2. The van der Waals surface area contributed by atoms with Crippen LogP contribution >= 0.6 is 0 Å². The zero-order valence-corrected chi connectivity index (χ0v) is 26.1. The molecule has 0 bridgehead atoms. The number of halogens is 1. The Morgan fingerprint density at radius 3 is 0.857 bits per heavy atom. The molecule has 0 spiro atoms. The highest BCUT2D eigenvalue weighted by atomic mass is 19.1. The summed E-state index contributed by atoms with van der Waals surface area (Å²) in [5.41, 5.74) is 7.05. The van der Waals surface area contributed by atoms with Crippen LogP contribution in [0.25, 0.3) is 79.5 Å². The van der Waals surface area contributed by atoms with Gasteiger partial charge < -0.3 is 0 Å². The van der Waals surface area contributed by atoms with Gasteiger partial charge in [-0.3, -0.25) is 0 Å². The Labute approximate surface area is 282 Å². The van der Waals surface area contributed by atoms with Crippen molar-refractivity contribution in [3.05, 3.63) is 170 Å². The fourth-order valence-corrected chi connectivity index (χ4v) is 5.56. The van der Waals surface area contributed by atoms with Gasteiger partial charge in [0.25, 0.3) is 0 Å². The van der Waals surface area contributed by atoms with E-state index in [-0.39, 0.29) is 5.82 Å². The van der Waals surface area contributed by atoms with E-state index in [9.17, 15) is 4.39 Å². The molecule has 0 saturated heterocycles. The van der Waals surface area contributed by atoms with Gasteiger partial charge in [-0.1, -0.05) is 127 Å². The van der Waals surface area contributed by atoms with Gasteiger partial charge in [-0.05, 0) is 47.5 Å². The topological polar surface area (TPSA) is 77.3 Å². The van der Waals surface area contributed by atoms with Gasteiger partial charge in [-0.2, -0.15) is 0 Å². The molecule has 8 rings (SSSR count). The summed E-state index contributed by atoms with van der Waals surface area (Å²) in [5.74, 6) is 3.00. The molecular weight excluding hydrogens is 608 g/mol. The molecule has 8 aromatic rings. The van der Waals surface area contributed by atoms with E-state index >= 15 is 0 Å². The Balaban J connectivity index is 1.20. The van der Waals surface area contributed by atoms with E-state index in [1.165, 1.54) is 12.1 Å². The molecule has 7 heteroatoms. The first kappa shape index (κ1) is 29.7. The van der Waals surface area contributed by atoms with E-state index in [0.717, 1.165) is 38.9 Å². The van der Waals surface area contributed by atoms with E-state index < -0.39 is 0 Å². The van der Waals surface area contributed by atoms with E-state index in [4.69, 9.17) is 29.9 Å². The molecule has 49 heavy (non-hydrogen) atoms. The standard InChI is InChI=1S/C42H27FN6/c43-36-24-22-31(23-25-36)40-45-39(30-16-8-3-9-17-30)48-42(49-40)35-21-11-19-33(27-35)32-18-10-20-34(26-32)41-46-37(28-12-4-1-5-13-28)44-38(47-41)29-14-6-2-7-15-29/h1-27H. The molecule has 0 atom stereocenters. The summed E-state index contributed by atoms with van der Waals surface area (Å²) in [5, 5.41) is 0. The van der Waals surface area contributed by atoms with Gasteiger partial charge in [0, 0.05) is 33.4 Å². The predicted molar refractivity (Wildman–Crippen MR) is 191 cm³/mol. The van der Waals surface area contributed by atoms with Crippen molar-refractivity contribution in [1.82, 2.24) is 29.9 Å². The van der Waals surface area contributed by atoms with Gasteiger partial charge in [0.05, 0.1) is 0 Å². The number of hydrogen-bond donors (Lipinski definition) is 0. The molecule has 6 aromatic carbocycles. The fourth-order valence-electron chi connectivity index (χ4n) is 5.56. The van der Waals surface area contributed by atoms with Crippen molar-refractivity contribution in [3.8, 4) is 79.5 Å². The average molecular weight is 635 g/mol. The van der Waals surface area contributed by atoms with E-state index in [2.05, 4.69) is 24.3 Å². The molecule has 2 aromatic heterocycles. The summed E-state index contributed by atoms with van der Waals surface area (Å²) >= 11 is 0. The normalized spacial score (nSPS) is 11.0. The van der Waals surface area contributed by atoms with Crippen molar-refractivity contribution in [2.75, 3.05) is 0 Å². The third kappa shape index (κ3) is 6.46. The number of rotatable bonds is 7. The summed E-state index contributed by atoms with van der Waals surface area (Å²) in [6.45, 7) is 0. The Bertz CT molecular complexity index is 2330. The van der Waals surface area contributed by atoms with Crippen molar-refractivity contribution in [2.45, 2.75) is 0 Å². The first-order chi connectivity index (χ1) is 24.2. The lowest BCUT2D eigenvalue weighted by atomic mass is 10.0. The molecule has 0 radical (unpaired) electrons. The number of hydrogen-bond acceptors (Lipinski definition) is 6. The number of aromatic nitrogens is 6. The Morgan fingerprint density at radius 1 is 0.245 bits per heavy atom. The first-order valence-electron chi connectivity index (χ1n) is 15.8. The van der Waals surface area contributed by atoms with Crippen LogP contribution in [0.2, 0.25) is 0 Å². The van der Waals surface area contributed by atoms with E-state index in [0.29, 0.717) is 40.5 Å². The monoisotopic (exact) mass is 634 g/mol. The smallest absolute Gasteiger partial charge is 0.164 e. The summed E-state index contributed by atoms with van der Waals surface area (Å²) in [7, 11) is 0. The SMILES string of the molecule is Fc1ccc(-c2nc(-c3ccccc3)nc(-c3cccc(-c4cccc(-c5nc(-c6ccccc6)nc(-c6ccccc6)n5)c4)c3)n2)cc1. The maximum Gasteiger partial charge on any atom is 0.164 e. The molecule has 0 amide bonds.